The Balaban J connectivity index is 1.51. The molecule has 178 valence electrons. The summed E-state index contributed by atoms with van der Waals surface area (Å²) >= 11 is 0. The van der Waals surface area contributed by atoms with E-state index >= 15 is 0 Å². The van der Waals surface area contributed by atoms with Gasteiger partial charge in [0.1, 0.15) is 11.5 Å². The van der Waals surface area contributed by atoms with Crippen LogP contribution in [0, 0.1) is 5.92 Å². The maximum Gasteiger partial charge on any atom is 0.137 e. The highest BCUT2D eigenvalue weighted by Gasteiger charge is 2.23. The number of fused-ring (bicyclic) bond motifs is 1. The van der Waals surface area contributed by atoms with Crippen LogP contribution in [0.25, 0.3) is 28.2 Å². The molecule has 0 aliphatic heterocycles. The van der Waals surface area contributed by atoms with Gasteiger partial charge in [0, 0.05) is 29.6 Å². The molecule has 1 fully saturated rings. The third-order valence-electron chi connectivity index (χ3n) is 6.60. The molecular weight excluding hydrogens is 428 g/mol. The second kappa shape index (κ2) is 8.85. The molecule has 0 radical (unpaired) electrons. The van der Waals surface area contributed by atoms with Gasteiger partial charge in [-0.2, -0.15) is 5.10 Å². The first kappa shape index (κ1) is 22.6. The minimum absolute atomic E-state index is 0.109. The monoisotopic (exact) mass is 460 g/mol. The highest BCUT2D eigenvalue weighted by molar-refractivity contribution is 5.71. The van der Waals surface area contributed by atoms with Gasteiger partial charge in [-0.15, -0.1) is 0 Å². The summed E-state index contributed by atoms with van der Waals surface area (Å²) in [4.78, 5) is 9.46. The van der Waals surface area contributed by atoms with E-state index in [-0.39, 0.29) is 6.61 Å². The number of aliphatic hydroxyl groups excluding tert-OH is 1. The third kappa shape index (κ3) is 4.56. The van der Waals surface area contributed by atoms with Crippen molar-refractivity contribution >= 4 is 11.5 Å². The summed E-state index contributed by atoms with van der Waals surface area (Å²) < 4.78 is 3.72. The molecular formula is C26H32N6O2. The number of aromatic nitrogens is 5. The Labute approximate surface area is 199 Å². The van der Waals surface area contributed by atoms with Crippen LogP contribution in [0.5, 0.6) is 0 Å². The maximum absolute atomic E-state index is 10.1. The maximum atomic E-state index is 10.1. The van der Waals surface area contributed by atoms with Crippen LogP contribution >= 0.6 is 0 Å². The summed E-state index contributed by atoms with van der Waals surface area (Å²) in [5, 5.41) is 28.2. The van der Waals surface area contributed by atoms with Crippen LogP contribution in [0.1, 0.15) is 45.6 Å². The van der Waals surface area contributed by atoms with Gasteiger partial charge in [-0.1, -0.05) is 19.4 Å². The Morgan fingerprint density at radius 3 is 2.76 bits per heavy atom. The molecule has 3 N–H and O–H groups in total. The fourth-order valence-electron chi connectivity index (χ4n) is 4.84. The van der Waals surface area contributed by atoms with E-state index in [1.165, 1.54) is 19.3 Å². The lowest BCUT2D eigenvalue weighted by Crippen LogP contribution is -2.26. The highest BCUT2D eigenvalue weighted by atomic mass is 16.3. The van der Waals surface area contributed by atoms with Crippen LogP contribution in [0.4, 0.5) is 5.82 Å². The van der Waals surface area contributed by atoms with Gasteiger partial charge in [-0.25, -0.2) is 9.97 Å². The Bertz CT molecular complexity index is 1300. The van der Waals surface area contributed by atoms with Crippen LogP contribution in [0.3, 0.4) is 0 Å². The van der Waals surface area contributed by atoms with E-state index in [1.807, 2.05) is 47.3 Å². The second-order valence-electron chi connectivity index (χ2n) is 10.0. The van der Waals surface area contributed by atoms with E-state index in [1.54, 1.807) is 24.7 Å². The minimum Gasteiger partial charge on any atom is -0.392 e. The number of rotatable bonds is 7. The molecule has 1 aliphatic rings. The summed E-state index contributed by atoms with van der Waals surface area (Å²) in [5.74, 6) is 1.53. The Morgan fingerprint density at radius 2 is 2.03 bits per heavy atom. The van der Waals surface area contributed by atoms with E-state index in [0.29, 0.717) is 18.5 Å². The zero-order valence-corrected chi connectivity index (χ0v) is 19.9. The average molecular weight is 461 g/mol. The number of hydrogen-bond acceptors (Lipinski definition) is 6. The first-order chi connectivity index (χ1) is 16.3. The number of imidazole rings is 1. The molecule has 1 aliphatic carbocycles. The molecule has 0 aromatic carbocycles. The topological polar surface area (TPSA) is 100 Å². The third-order valence-corrected chi connectivity index (χ3v) is 6.60. The predicted molar refractivity (Wildman–Crippen MR) is 132 cm³/mol. The lowest BCUT2D eigenvalue weighted by atomic mass is 10.1. The van der Waals surface area contributed by atoms with Crippen LogP contribution in [0.15, 0.2) is 49.1 Å². The zero-order chi connectivity index (χ0) is 23.9. The van der Waals surface area contributed by atoms with Gasteiger partial charge in [0.15, 0.2) is 0 Å². The van der Waals surface area contributed by atoms with E-state index < -0.39 is 5.60 Å². The lowest BCUT2D eigenvalue weighted by molar-refractivity contribution is 0.0577. The van der Waals surface area contributed by atoms with Gasteiger partial charge in [0.2, 0.25) is 0 Å². The van der Waals surface area contributed by atoms with Crippen molar-refractivity contribution in [2.45, 2.75) is 64.8 Å². The van der Waals surface area contributed by atoms with Gasteiger partial charge < -0.3 is 15.5 Å². The van der Waals surface area contributed by atoms with Crippen LogP contribution in [-0.4, -0.2) is 46.0 Å². The molecule has 4 aromatic rings. The predicted octanol–water partition coefficient (Wildman–Crippen LogP) is 4.12. The molecule has 8 nitrogen and oxygen atoms in total. The van der Waals surface area contributed by atoms with Crippen molar-refractivity contribution in [3.8, 4) is 22.5 Å². The van der Waals surface area contributed by atoms with E-state index in [0.717, 1.165) is 39.5 Å². The SMILES string of the molecule is C[C@H]1CCC[C@@H]1Nc1cccc(-c2cnc3cc(CO)c(-c4cnn(CC(C)(C)O)c4)cn23)n1. The Morgan fingerprint density at radius 1 is 1.18 bits per heavy atom. The number of hydrogen-bond donors (Lipinski definition) is 3. The van der Waals surface area contributed by atoms with Crippen molar-refractivity contribution in [1.29, 1.82) is 0 Å². The highest BCUT2D eigenvalue weighted by Crippen LogP contribution is 2.30. The lowest BCUT2D eigenvalue weighted by Gasteiger charge is -2.18. The van der Waals surface area contributed by atoms with Crippen LogP contribution in [-0.2, 0) is 13.2 Å². The first-order valence-electron chi connectivity index (χ1n) is 11.9. The van der Waals surface area contributed by atoms with E-state index in [9.17, 15) is 10.2 Å². The largest absolute Gasteiger partial charge is 0.392 e. The molecule has 4 aromatic heterocycles. The van der Waals surface area contributed by atoms with E-state index in [4.69, 9.17) is 4.98 Å². The van der Waals surface area contributed by atoms with Crippen molar-refractivity contribution in [2.75, 3.05) is 5.32 Å². The molecule has 1 saturated carbocycles. The number of pyridine rings is 2. The fraction of sp³-hybridized carbons (Fsp3) is 0.423. The molecule has 0 saturated heterocycles. The smallest absolute Gasteiger partial charge is 0.137 e. The summed E-state index contributed by atoms with van der Waals surface area (Å²) in [6.07, 6.45) is 11.1. The number of nitrogens with zero attached hydrogens (tertiary/aromatic N) is 5. The van der Waals surface area contributed by atoms with Crippen molar-refractivity contribution in [3.05, 3.63) is 54.6 Å². The van der Waals surface area contributed by atoms with Crippen molar-refractivity contribution < 1.29 is 10.2 Å². The molecule has 0 unspecified atom stereocenters. The Hall–Kier alpha value is -3.23. The summed E-state index contributed by atoms with van der Waals surface area (Å²) in [6.45, 7) is 6.07. The summed E-state index contributed by atoms with van der Waals surface area (Å²) in [7, 11) is 0. The van der Waals surface area contributed by atoms with Gasteiger partial charge in [0.25, 0.3) is 0 Å². The molecule has 8 heteroatoms. The number of nitrogens with one attached hydrogen (secondary N) is 1. The fourth-order valence-corrected chi connectivity index (χ4v) is 4.84. The zero-order valence-electron chi connectivity index (χ0n) is 19.9. The van der Waals surface area contributed by atoms with Gasteiger partial charge in [-0.3, -0.25) is 9.08 Å². The van der Waals surface area contributed by atoms with Crippen molar-refractivity contribution in [3.63, 3.8) is 0 Å². The summed E-state index contributed by atoms with van der Waals surface area (Å²) in [5.41, 5.74) is 4.10. The van der Waals surface area contributed by atoms with Crippen LogP contribution < -0.4 is 5.32 Å². The quantitative estimate of drug-likeness (QED) is 0.384. The molecule has 0 amide bonds. The molecule has 34 heavy (non-hydrogen) atoms. The average Bonchev–Trinajstić information content (AvgIpc) is 3.52. The molecule has 4 heterocycles. The Kier molecular flexibility index (Phi) is 5.87. The number of anilines is 1. The molecule has 5 rings (SSSR count). The molecule has 0 spiro atoms. The minimum atomic E-state index is -0.869. The van der Waals surface area contributed by atoms with Crippen molar-refractivity contribution in [1.82, 2.24) is 24.1 Å². The summed E-state index contributed by atoms with van der Waals surface area (Å²) in [6, 6.07) is 8.39. The standard InChI is InChI=1S/C26H32N6O2/c1-17-6-4-7-21(17)29-24-9-5-8-22(30-24)23-12-27-25-10-18(15-33)20(14-32(23)25)19-11-28-31(13-19)16-26(2,3)34/h5,8-14,17,21,33-34H,4,6-7,15-16H2,1-3H3,(H,29,30)/t17-,21-/m0/s1. The van der Waals surface area contributed by atoms with E-state index in [2.05, 4.69) is 22.3 Å². The molecule has 0 bridgehead atoms. The number of aliphatic hydroxyl groups is 2. The second-order valence-corrected chi connectivity index (χ2v) is 10.0. The normalized spacial score (nSPS) is 18.6. The van der Waals surface area contributed by atoms with Crippen molar-refractivity contribution in [2.24, 2.45) is 5.92 Å². The van der Waals surface area contributed by atoms with Gasteiger partial charge in [-0.05, 0) is 56.4 Å². The van der Waals surface area contributed by atoms with Gasteiger partial charge >= 0.3 is 0 Å². The molecule has 2 atom stereocenters. The van der Waals surface area contributed by atoms with Gasteiger partial charge in [0.05, 0.1) is 42.5 Å². The first-order valence-corrected chi connectivity index (χ1v) is 11.9. The van der Waals surface area contributed by atoms with Crippen LogP contribution in [0.2, 0.25) is 0 Å².